The summed E-state index contributed by atoms with van der Waals surface area (Å²) >= 11 is 0. The van der Waals surface area contributed by atoms with Crippen LogP contribution in [0.3, 0.4) is 0 Å². The monoisotopic (exact) mass is 404 g/mol. The van der Waals surface area contributed by atoms with Crippen molar-refractivity contribution in [1.29, 1.82) is 0 Å². The quantitative estimate of drug-likeness (QED) is 0.770. The fraction of sp³-hybridized carbons (Fsp3) is 0.476. The predicted octanol–water partition coefficient (Wildman–Crippen LogP) is 2.89. The molecule has 0 saturated carbocycles. The Labute approximate surface area is 168 Å². The van der Waals surface area contributed by atoms with Gasteiger partial charge in [0.15, 0.2) is 0 Å². The Balaban J connectivity index is 1.65. The van der Waals surface area contributed by atoms with E-state index >= 15 is 0 Å². The Hall–Kier alpha value is -1.96. The van der Waals surface area contributed by atoms with Gasteiger partial charge in [-0.3, -0.25) is 5.32 Å². The smallest absolute Gasteiger partial charge is 0.272 e. The van der Waals surface area contributed by atoms with Crippen molar-refractivity contribution < 1.29 is 18.1 Å². The number of nitrogens with zero attached hydrogens (tertiary/aromatic N) is 1. The molecule has 3 rings (SSSR count). The lowest BCUT2D eigenvalue weighted by Crippen LogP contribution is -2.40. The van der Waals surface area contributed by atoms with Crippen molar-refractivity contribution >= 4 is 15.8 Å². The summed E-state index contributed by atoms with van der Waals surface area (Å²) in [5.41, 5.74) is 2.53. The molecule has 1 aliphatic rings. The van der Waals surface area contributed by atoms with E-state index in [0.717, 1.165) is 12.2 Å². The normalized spacial score (nSPS) is 16.9. The Kier molecular flexibility index (Phi) is 6.69. The van der Waals surface area contributed by atoms with Crippen molar-refractivity contribution in [3.63, 3.8) is 0 Å². The van der Waals surface area contributed by atoms with E-state index in [0.29, 0.717) is 32.2 Å². The van der Waals surface area contributed by atoms with Crippen LogP contribution in [0.25, 0.3) is 0 Å². The number of morpholine rings is 1. The van der Waals surface area contributed by atoms with Crippen molar-refractivity contribution in [1.82, 2.24) is 4.31 Å². The van der Waals surface area contributed by atoms with Crippen LogP contribution in [-0.4, -0.2) is 39.0 Å². The minimum absolute atomic E-state index is 0.103. The highest BCUT2D eigenvalue weighted by molar-refractivity contribution is 7.89. The highest BCUT2D eigenvalue weighted by Gasteiger charge is 2.27. The minimum Gasteiger partial charge on any atom is -0.379 e. The first-order valence-electron chi connectivity index (χ1n) is 9.81. The van der Waals surface area contributed by atoms with Crippen LogP contribution in [0.2, 0.25) is 0 Å². The lowest BCUT2D eigenvalue weighted by molar-refractivity contribution is -0.364. The van der Waals surface area contributed by atoms with Gasteiger partial charge in [0.05, 0.1) is 13.2 Å². The van der Waals surface area contributed by atoms with Crippen LogP contribution in [0.5, 0.6) is 0 Å². The van der Waals surface area contributed by atoms with Gasteiger partial charge in [-0.05, 0) is 36.5 Å². The van der Waals surface area contributed by atoms with Gasteiger partial charge >= 0.3 is 0 Å². The highest BCUT2D eigenvalue weighted by Crippen LogP contribution is 2.20. The summed E-state index contributed by atoms with van der Waals surface area (Å²) in [6, 6.07) is 12.2. The Morgan fingerprint density at radius 3 is 2.32 bits per heavy atom. The molecule has 1 aliphatic heterocycles. The summed E-state index contributed by atoms with van der Waals surface area (Å²) in [5, 5.41) is 3.39. The van der Waals surface area contributed by atoms with E-state index in [1.165, 1.54) is 15.4 Å². The molecular formula is C21H30N3O3S+. The molecule has 7 heteroatoms. The number of nitrogens with one attached hydrogen (secondary N) is 2. The van der Waals surface area contributed by atoms with Gasteiger partial charge in [-0.25, -0.2) is 13.4 Å². The first-order valence-corrected chi connectivity index (χ1v) is 11.3. The molecule has 0 spiro atoms. The fourth-order valence-electron chi connectivity index (χ4n) is 3.33. The fourth-order valence-corrected chi connectivity index (χ4v) is 4.70. The Bertz CT molecular complexity index is 859. The van der Waals surface area contributed by atoms with E-state index in [1.807, 2.05) is 0 Å². The number of H-pyrrole nitrogens is 1. The summed E-state index contributed by atoms with van der Waals surface area (Å²) in [6.45, 7) is 8.20. The van der Waals surface area contributed by atoms with Crippen LogP contribution in [-0.2, 0) is 21.2 Å². The maximum Gasteiger partial charge on any atom is 0.272 e. The summed E-state index contributed by atoms with van der Waals surface area (Å²) in [4.78, 5) is 3.34. The first kappa shape index (κ1) is 20.8. The second-order valence-corrected chi connectivity index (χ2v) is 9.60. The molecule has 28 heavy (non-hydrogen) atoms. The van der Waals surface area contributed by atoms with Crippen LogP contribution in [0.15, 0.2) is 47.5 Å². The second kappa shape index (κ2) is 9.03. The van der Waals surface area contributed by atoms with E-state index < -0.39 is 10.0 Å². The first-order chi connectivity index (χ1) is 13.4. The molecule has 2 heterocycles. The molecule has 6 nitrogen and oxygen atoms in total. The van der Waals surface area contributed by atoms with Crippen molar-refractivity contribution in [3.05, 3.63) is 53.7 Å². The average Bonchev–Trinajstić information content (AvgIpc) is 2.69. The maximum atomic E-state index is 12.7. The molecular weight excluding hydrogens is 374 g/mol. The number of rotatable bonds is 7. The van der Waals surface area contributed by atoms with E-state index in [2.05, 4.69) is 55.3 Å². The largest absolute Gasteiger partial charge is 0.379 e. The summed E-state index contributed by atoms with van der Waals surface area (Å²) in [7, 11) is -3.48. The van der Waals surface area contributed by atoms with Gasteiger partial charge in [0.2, 0.25) is 10.0 Å². The summed E-state index contributed by atoms with van der Waals surface area (Å²) < 4.78 is 32.1. The van der Waals surface area contributed by atoms with Crippen LogP contribution in [0.4, 0.5) is 5.82 Å². The topological polar surface area (TPSA) is 72.8 Å². The van der Waals surface area contributed by atoms with Crippen molar-refractivity contribution in [2.45, 2.75) is 38.1 Å². The zero-order chi connectivity index (χ0) is 20.1. The number of aromatic nitrogens is 1. The van der Waals surface area contributed by atoms with Crippen LogP contribution in [0.1, 0.15) is 37.9 Å². The van der Waals surface area contributed by atoms with Crippen molar-refractivity contribution in [2.24, 2.45) is 5.92 Å². The van der Waals surface area contributed by atoms with Gasteiger partial charge in [0.1, 0.15) is 17.1 Å². The molecule has 2 aromatic rings. The predicted molar refractivity (Wildman–Crippen MR) is 110 cm³/mol. The van der Waals surface area contributed by atoms with Crippen molar-refractivity contribution in [3.8, 4) is 0 Å². The number of hydrogen-bond donors (Lipinski definition) is 1. The minimum atomic E-state index is -3.48. The number of pyridine rings is 1. The lowest BCUT2D eigenvalue weighted by Gasteiger charge is -2.25. The molecule has 2 N–H and O–H groups in total. The molecule has 1 aromatic heterocycles. The highest BCUT2D eigenvalue weighted by atomic mass is 32.2. The molecule has 0 amide bonds. The molecule has 1 fully saturated rings. The van der Waals surface area contributed by atoms with E-state index in [9.17, 15) is 8.42 Å². The third kappa shape index (κ3) is 5.10. The molecule has 1 aromatic carbocycles. The van der Waals surface area contributed by atoms with Gasteiger partial charge in [0, 0.05) is 19.2 Å². The number of hydrogen-bond acceptors (Lipinski definition) is 4. The number of aromatic amines is 1. The van der Waals surface area contributed by atoms with Crippen LogP contribution >= 0.6 is 0 Å². The van der Waals surface area contributed by atoms with Gasteiger partial charge in [0.25, 0.3) is 5.82 Å². The summed E-state index contributed by atoms with van der Waals surface area (Å²) in [5.74, 6) is 1.42. The molecule has 1 atom stereocenters. The lowest BCUT2D eigenvalue weighted by atomic mass is 10.00. The molecule has 0 unspecified atom stereocenters. The number of benzene rings is 1. The standard InChI is InChI=1S/C21H29N3O3S/c1-16(2)14-18-4-6-19(7-5-18)17(3)23-21-9-8-20(15-22-21)28(25,26)24-10-12-27-13-11-24/h4-9,15-17H,10-14H2,1-3H3,(H,22,23)/p+1/t17-/m1/s1. The van der Waals surface area contributed by atoms with Gasteiger partial charge in [-0.15, -0.1) is 0 Å². The maximum absolute atomic E-state index is 12.7. The van der Waals surface area contributed by atoms with E-state index in [1.54, 1.807) is 18.3 Å². The van der Waals surface area contributed by atoms with E-state index in [-0.39, 0.29) is 10.9 Å². The number of sulfonamides is 1. The number of ether oxygens (including phenoxy) is 1. The van der Waals surface area contributed by atoms with Crippen LogP contribution in [0, 0.1) is 5.92 Å². The SMILES string of the molecule is CC(C)Cc1ccc([C@@H](C)Nc2ccc(S(=O)(=O)N3CCOCC3)c[nH+]2)cc1. The van der Waals surface area contributed by atoms with Gasteiger partial charge in [-0.2, -0.15) is 4.31 Å². The third-order valence-electron chi connectivity index (χ3n) is 4.89. The zero-order valence-electron chi connectivity index (χ0n) is 16.8. The number of anilines is 1. The van der Waals surface area contributed by atoms with Crippen molar-refractivity contribution in [2.75, 3.05) is 31.6 Å². The zero-order valence-corrected chi connectivity index (χ0v) is 17.6. The average molecular weight is 405 g/mol. The molecule has 0 radical (unpaired) electrons. The van der Waals surface area contributed by atoms with Crippen LogP contribution < -0.4 is 10.3 Å². The second-order valence-electron chi connectivity index (χ2n) is 7.66. The van der Waals surface area contributed by atoms with Gasteiger partial charge in [-0.1, -0.05) is 38.1 Å². The molecule has 0 aliphatic carbocycles. The molecule has 1 saturated heterocycles. The Morgan fingerprint density at radius 2 is 1.75 bits per heavy atom. The van der Waals surface area contributed by atoms with Gasteiger partial charge < -0.3 is 4.74 Å². The molecule has 152 valence electrons. The van der Waals surface area contributed by atoms with E-state index in [4.69, 9.17) is 4.74 Å². The molecule has 0 bridgehead atoms. The third-order valence-corrected chi connectivity index (χ3v) is 6.78. The summed E-state index contributed by atoms with van der Waals surface area (Å²) in [6.07, 6.45) is 2.63. The Morgan fingerprint density at radius 1 is 1.07 bits per heavy atom.